The number of unbranched alkanes of at least 4 members (excludes halogenated alkanes) is 3. The highest BCUT2D eigenvalue weighted by molar-refractivity contribution is 8.00. The highest BCUT2D eigenvalue weighted by Crippen LogP contribution is 2.46. The third-order valence-electron chi connectivity index (χ3n) is 25.1. The number of fused-ring (bicyclic) bond motifs is 4. The van der Waals surface area contributed by atoms with Crippen LogP contribution in [0.15, 0.2) is 12.2 Å². The zero-order valence-electron chi connectivity index (χ0n) is 65.8. The maximum atomic E-state index is 15.7. The predicted octanol–water partition coefficient (Wildman–Crippen LogP) is 6.93. The summed E-state index contributed by atoms with van der Waals surface area (Å²) in [5, 5.41) is 9.59. The highest BCUT2D eigenvalue weighted by Gasteiger charge is 2.54. The fourth-order valence-corrected chi connectivity index (χ4v) is 19.5. The number of carbonyl (C=O) groups excluding carboxylic acids is 12. The first-order chi connectivity index (χ1) is 50.7. The van der Waals surface area contributed by atoms with Crippen molar-refractivity contribution in [2.45, 2.75) is 279 Å². The van der Waals surface area contributed by atoms with Crippen molar-refractivity contribution in [3.8, 4) is 0 Å². The molecule has 107 heavy (non-hydrogen) atoms. The quantitative estimate of drug-likeness (QED) is 0.104. The lowest BCUT2D eigenvalue weighted by Crippen LogP contribution is -2.68. The normalized spacial score (nSPS) is 31.7. The lowest BCUT2D eigenvalue weighted by Gasteiger charge is -2.46. The van der Waals surface area contributed by atoms with Crippen LogP contribution in [0.4, 0.5) is 13.2 Å². The summed E-state index contributed by atoms with van der Waals surface area (Å²) in [6.07, 6.45) is 9.74. The zero-order valence-corrected chi connectivity index (χ0v) is 66.6. The molecular formula is C78H125F3N12O13S. The second-order valence-electron chi connectivity index (χ2n) is 32.6. The van der Waals surface area contributed by atoms with Crippen LogP contribution in [0.3, 0.4) is 0 Å². The number of rotatable bonds is 16. The number of likely N-dealkylation sites (N-methyl/N-ethyl adjacent to an activating group) is 7. The average molecular weight is 1530 g/mol. The third-order valence-corrected chi connectivity index (χ3v) is 26.6. The van der Waals surface area contributed by atoms with Crippen molar-refractivity contribution in [3.63, 3.8) is 0 Å². The molecule has 8 aliphatic rings. The Bertz CT molecular complexity index is 3160. The van der Waals surface area contributed by atoms with Crippen LogP contribution in [0.1, 0.15) is 207 Å². The van der Waals surface area contributed by atoms with E-state index in [4.69, 9.17) is 4.74 Å². The average Bonchev–Trinajstić information content (AvgIpc) is 1.68. The number of hydrogen-bond acceptors (Lipinski definition) is 14. The van der Waals surface area contributed by atoms with E-state index in [0.717, 1.165) is 66.9 Å². The van der Waals surface area contributed by atoms with Gasteiger partial charge in [0.15, 0.2) is 0 Å². The molecule has 0 aromatic heterocycles. The van der Waals surface area contributed by atoms with Gasteiger partial charge in [-0.25, -0.2) is 0 Å². The largest absolute Gasteiger partial charge is 0.391 e. The Morgan fingerprint density at radius 1 is 0.654 bits per heavy atom. The molecule has 1 spiro atoms. The van der Waals surface area contributed by atoms with Gasteiger partial charge in [-0.15, -0.1) is 0 Å². The maximum Gasteiger partial charge on any atom is 0.391 e. The molecule has 602 valence electrons. The number of carbonyl (C=O) groups is 12. The summed E-state index contributed by atoms with van der Waals surface area (Å²) in [4.78, 5) is 194. The van der Waals surface area contributed by atoms with Crippen LogP contribution in [0, 0.1) is 35.5 Å². The SMILES string of the molecule is CCCCCC[C@H]1C(=O)N[C@@H]([C@@H](C)CC)C(=O)N(C)CC(=O)N(C)[C@H]2C/C=C\CCN(C2=O)[C@@H](CC2CCC(C(F)(F)F)CC2)C(=O)N(C)CC(=O)N[C@@H](CCC2CCC3SCCC3C2)C(=O)N2C[C@H](OCC)C[C@H]2C(=O)NC2(CCC2)C(=O)N(C)[C@@H](C2CCCC2)C(=O)N(C)[C@H](C(=O)N(C)C)CC(=O)N1C. The molecule has 29 heteroatoms. The van der Waals surface area contributed by atoms with Gasteiger partial charge in [0, 0.05) is 87.7 Å². The van der Waals surface area contributed by atoms with Gasteiger partial charge in [-0.2, -0.15) is 24.9 Å². The van der Waals surface area contributed by atoms with Gasteiger partial charge in [0.25, 0.3) is 0 Å². The zero-order chi connectivity index (χ0) is 78.4. The molecule has 0 radical (unpaired) electrons. The van der Waals surface area contributed by atoms with Gasteiger partial charge >= 0.3 is 6.18 Å². The molecule has 3 saturated heterocycles. The van der Waals surface area contributed by atoms with E-state index in [0.29, 0.717) is 56.1 Å². The number of thioether (sulfide) groups is 1. The monoisotopic (exact) mass is 1530 g/mol. The fourth-order valence-electron chi connectivity index (χ4n) is 18.0. The Hall–Kier alpha value is -6.52. The molecule has 0 aromatic carbocycles. The van der Waals surface area contributed by atoms with E-state index in [1.54, 1.807) is 19.9 Å². The molecule has 25 nitrogen and oxygen atoms in total. The van der Waals surface area contributed by atoms with E-state index in [-0.39, 0.29) is 109 Å². The minimum atomic E-state index is -4.43. The molecule has 7 fully saturated rings. The molecule has 2 bridgehead atoms. The van der Waals surface area contributed by atoms with Gasteiger partial charge < -0.3 is 64.8 Å². The van der Waals surface area contributed by atoms with Gasteiger partial charge in [0.05, 0.1) is 31.5 Å². The molecule has 0 aromatic rings. The Morgan fingerprint density at radius 2 is 1.34 bits per heavy atom. The Morgan fingerprint density at radius 3 is 1.97 bits per heavy atom. The lowest BCUT2D eigenvalue weighted by atomic mass is 9.74. The standard InChI is InChI=1S/C78H125F3N12O13S/c1-13-16-17-19-27-57-68(97)83-66(49(4)14-2)74(103)87(8)48-65(96)89(10)58-28-20-18-23-40-92(73(58)102)61(43-51-29-33-54(34-30-51)78(79,80)81)72(101)86(7)47-63(94)82-56(35-31-50-32-36-62-53(42-50)37-41-107-62)70(99)93-46-55(106-15-3)44-59(93)69(98)84-77(38-24-39-77)76(105)91(12)67(52-25-21-22-26-52)75(104)90(11)60(71(100)85(5)6)45-64(95)88(57)9/h18,20,49-62,66-67H,13-17,19,21-48H2,1-12H3,(H,82,94)(H,83,97)(H,84,98)/b20-18-/t49-,50?,51?,53?,54?,55+,56-,57-,58-,59-,60-,61-,62?,66-,67-/m0/s1. The molecule has 4 aliphatic heterocycles. The third kappa shape index (κ3) is 21.3. The van der Waals surface area contributed by atoms with Gasteiger partial charge in [-0.1, -0.05) is 77.9 Å². The molecule has 4 heterocycles. The van der Waals surface area contributed by atoms with Crippen LogP contribution in [0.25, 0.3) is 0 Å². The number of hydrogen-bond donors (Lipinski definition) is 3. The van der Waals surface area contributed by atoms with Crippen LogP contribution in [0.5, 0.6) is 0 Å². The first kappa shape index (κ1) is 86.1. The van der Waals surface area contributed by atoms with Crippen LogP contribution in [-0.4, -0.2) is 281 Å². The molecule has 3 N–H and O–H groups in total. The van der Waals surface area contributed by atoms with Crippen molar-refractivity contribution in [2.24, 2.45) is 35.5 Å². The van der Waals surface area contributed by atoms with E-state index in [1.165, 1.54) is 90.7 Å². The summed E-state index contributed by atoms with van der Waals surface area (Å²) >= 11 is 1.99. The maximum absolute atomic E-state index is 15.7. The van der Waals surface area contributed by atoms with E-state index < -0.39 is 174 Å². The van der Waals surface area contributed by atoms with Crippen LogP contribution >= 0.6 is 11.8 Å². The van der Waals surface area contributed by atoms with Crippen LogP contribution in [-0.2, 0) is 62.3 Å². The minimum absolute atomic E-state index is 0.0161. The number of amides is 12. The van der Waals surface area contributed by atoms with Crippen molar-refractivity contribution >= 4 is 82.6 Å². The summed E-state index contributed by atoms with van der Waals surface area (Å²) in [7, 11) is 11.6. The van der Waals surface area contributed by atoms with Crippen molar-refractivity contribution in [2.75, 3.05) is 94.9 Å². The van der Waals surface area contributed by atoms with E-state index in [1.807, 2.05) is 31.7 Å². The second kappa shape index (κ2) is 38.9. The molecule has 3 unspecified atom stereocenters. The summed E-state index contributed by atoms with van der Waals surface area (Å²) in [5.41, 5.74) is -1.53. The summed E-state index contributed by atoms with van der Waals surface area (Å²) in [6, 6.07) is -10.0. The molecule has 4 aliphatic carbocycles. The highest BCUT2D eigenvalue weighted by atomic mass is 32.2. The molecule has 13 atom stereocenters. The number of nitrogens with one attached hydrogen (secondary N) is 3. The van der Waals surface area contributed by atoms with Gasteiger partial charge in [0.2, 0.25) is 70.9 Å². The van der Waals surface area contributed by atoms with Crippen LogP contribution in [0.2, 0.25) is 0 Å². The number of ether oxygens (including phenoxy) is 1. The van der Waals surface area contributed by atoms with Crippen molar-refractivity contribution < 1.29 is 75.4 Å². The summed E-state index contributed by atoms with van der Waals surface area (Å²) < 4.78 is 48.7. The number of halogens is 3. The van der Waals surface area contributed by atoms with Crippen molar-refractivity contribution in [3.05, 3.63) is 12.2 Å². The smallest absolute Gasteiger partial charge is 0.377 e. The Labute approximate surface area is 636 Å². The van der Waals surface area contributed by atoms with Gasteiger partial charge in [-0.3, -0.25) is 57.5 Å². The van der Waals surface area contributed by atoms with E-state index in [9.17, 15) is 32.3 Å². The number of nitrogens with zero attached hydrogens (tertiary/aromatic N) is 9. The van der Waals surface area contributed by atoms with E-state index in [2.05, 4.69) is 16.0 Å². The number of alkyl halides is 3. The Kier molecular flexibility index (Phi) is 31.3. The molecule has 4 saturated carbocycles. The fraction of sp³-hybridized carbons (Fsp3) is 0.821. The Balaban J connectivity index is 1.19. The molecule has 12 amide bonds. The van der Waals surface area contributed by atoms with Crippen molar-refractivity contribution in [1.29, 1.82) is 0 Å². The first-order valence-corrected chi connectivity index (χ1v) is 41.0. The minimum Gasteiger partial charge on any atom is -0.377 e. The molecular weight excluding hydrogens is 1400 g/mol. The van der Waals surface area contributed by atoms with Gasteiger partial charge in [-0.05, 0) is 164 Å². The van der Waals surface area contributed by atoms with Gasteiger partial charge in [0.1, 0.15) is 53.9 Å². The lowest BCUT2D eigenvalue weighted by molar-refractivity contribution is -0.184. The van der Waals surface area contributed by atoms with E-state index >= 15 is 38.4 Å². The summed E-state index contributed by atoms with van der Waals surface area (Å²) in [5.74, 6) is -8.73. The first-order valence-electron chi connectivity index (χ1n) is 40.0. The van der Waals surface area contributed by atoms with Crippen molar-refractivity contribution in [1.82, 2.24) is 60.0 Å². The van der Waals surface area contributed by atoms with Crippen LogP contribution < -0.4 is 16.0 Å². The second-order valence-corrected chi connectivity index (χ2v) is 33.9. The predicted molar refractivity (Wildman–Crippen MR) is 400 cm³/mol. The molecule has 8 rings (SSSR count). The topological polar surface area (TPSA) is 279 Å². The summed E-state index contributed by atoms with van der Waals surface area (Å²) in [6.45, 7) is 6.41.